The largest absolute Gasteiger partial charge is 0.455 e. The maximum absolute atomic E-state index is 14.9. The molecule has 3 aliphatic heterocycles. The number of methoxy groups -OCH3 is 1. The van der Waals surface area contributed by atoms with Gasteiger partial charge in [0, 0.05) is 48.8 Å². The molecule has 3 amide bonds. The summed E-state index contributed by atoms with van der Waals surface area (Å²) in [4.78, 5) is 59.9. The highest BCUT2D eigenvalue weighted by molar-refractivity contribution is 9.09. The molecule has 5 rings (SSSR count). The number of fused-ring (bicyclic) bond motifs is 1. The van der Waals surface area contributed by atoms with Crippen LogP contribution in [0.3, 0.4) is 0 Å². The second kappa shape index (κ2) is 18.7. The fraction of sp³-hybridized carbons (Fsp3) is 0.500. The van der Waals surface area contributed by atoms with Crippen LogP contribution in [0.2, 0.25) is 5.02 Å². The highest BCUT2D eigenvalue weighted by Crippen LogP contribution is 2.60. The average Bonchev–Trinajstić information content (AvgIpc) is 3.75. The van der Waals surface area contributed by atoms with Gasteiger partial charge in [0.1, 0.15) is 17.7 Å². The molecule has 286 valence electrons. The lowest BCUT2D eigenvalue weighted by atomic mass is 9.70. The number of esters is 1. The Kier molecular flexibility index (Phi) is 14.3. The molecule has 3 aliphatic rings. The highest BCUT2D eigenvalue weighted by Gasteiger charge is 2.77. The van der Waals surface area contributed by atoms with Crippen LogP contribution in [0.15, 0.2) is 79.9 Å². The first-order valence-electron chi connectivity index (χ1n) is 18.2. The van der Waals surface area contributed by atoms with Crippen molar-refractivity contribution >= 4 is 56.9 Å². The van der Waals surface area contributed by atoms with Crippen LogP contribution in [0.25, 0.3) is 0 Å². The zero-order valence-corrected chi connectivity index (χ0v) is 32.4. The summed E-state index contributed by atoms with van der Waals surface area (Å²) in [5.74, 6) is -3.63. The lowest BCUT2D eigenvalue weighted by molar-refractivity contribution is -0.163. The number of carbonyl (C=O) groups is 4. The van der Waals surface area contributed by atoms with E-state index in [9.17, 15) is 24.3 Å². The number of allylic oxidation sites excluding steroid dienone is 1. The average molecular weight is 815 g/mol. The maximum Gasteiger partial charge on any atom is 0.313 e. The molecule has 0 aromatic heterocycles. The summed E-state index contributed by atoms with van der Waals surface area (Å²) in [5, 5.41) is 12.8. The molecular formula is C40H49BrClN3O8. The van der Waals surface area contributed by atoms with Crippen molar-refractivity contribution in [1.29, 1.82) is 0 Å². The van der Waals surface area contributed by atoms with Crippen LogP contribution < -0.4 is 10.2 Å². The Bertz CT molecular complexity index is 1610. The summed E-state index contributed by atoms with van der Waals surface area (Å²) < 4.78 is 18.6. The van der Waals surface area contributed by atoms with E-state index in [2.05, 4.69) is 34.4 Å². The first-order valence-corrected chi connectivity index (χ1v) is 19.5. The summed E-state index contributed by atoms with van der Waals surface area (Å²) >= 11 is 9.93. The van der Waals surface area contributed by atoms with Gasteiger partial charge in [-0.25, -0.2) is 0 Å². The number of anilines is 1. The fourth-order valence-electron chi connectivity index (χ4n) is 8.01. The molecular weight excluding hydrogens is 766 g/mol. The summed E-state index contributed by atoms with van der Waals surface area (Å²) in [6, 6.07) is 14.2. The van der Waals surface area contributed by atoms with Gasteiger partial charge in [-0.05, 0) is 55.5 Å². The van der Waals surface area contributed by atoms with Gasteiger partial charge in [-0.15, -0.1) is 13.2 Å². The van der Waals surface area contributed by atoms with Crippen molar-refractivity contribution < 1.29 is 38.5 Å². The number of hydrogen-bond acceptors (Lipinski definition) is 8. The number of nitrogens with one attached hydrogen (secondary N) is 1. The van der Waals surface area contributed by atoms with Gasteiger partial charge in [0.2, 0.25) is 11.8 Å². The number of ether oxygens (including phenoxy) is 3. The van der Waals surface area contributed by atoms with Crippen molar-refractivity contribution in [2.75, 3.05) is 38.3 Å². The molecule has 53 heavy (non-hydrogen) atoms. The fourth-order valence-corrected chi connectivity index (χ4v) is 9.08. The zero-order valence-electron chi connectivity index (χ0n) is 30.0. The smallest absolute Gasteiger partial charge is 0.313 e. The number of halogens is 2. The lowest BCUT2D eigenvalue weighted by Crippen LogP contribution is -2.57. The third kappa shape index (κ3) is 8.73. The van der Waals surface area contributed by atoms with E-state index in [1.54, 1.807) is 46.2 Å². The Morgan fingerprint density at radius 2 is 1.83 bits per heavy atom. The van der Waals surface area contributed by atoms with Gasteiger partial charge < -0.3 is 34.4 Å². The Labute approximate surface area is 324 Å². The third-order valence-corrected chi connectivity index (χ3v) is 11.4. The number of hydrogen-bond donors (Lipinski definition) is 2. The standard InChI is InChI=1S/C40H49BrClN3O8/c1-4-6-16-31(47)43-30(25-51-3)34(26-14-10-9-11-15-26)52-39(50)32-33-37(48)45(22-12-7-8-13-23-46)36(40(33)24-29(41)35(32)53-40)38(49)44(21-5-2)28-19-17-27(42)18-20-28/h4-5,9-11,14-15,17-20,29-30,32-36,46H,1-2,6-8,12-13,16,21-25H2,3H3,(H,43,47)/t29?,30-,32+,33-,34-,35+,36+,40-/m0/s1. The summed E-state index contributed by atoms with van der Waals surface area (Å²) in [6.45, 7) is 8.13. The minimum atomic E-state index is -1.32. The quantitative estimate of drug-likeness (QED) is 0.0771. The van der Waals surface area contributed by atoms with E-state index in [-0.39, 0.29) is 55.3 Å². The number of likely N-dealkylation sites (tertiary alicyclic amines) is 1. The van der Waals surface area contributed by atoms with Crippen LogP contribution in [0.4, 0.5) is 5.69 Å². The van der Waals surface area contributed by atoms with E-state index >= 15 is 0 Å². The molecule has 1 spiro atoms. The van der Waals surface area contributed by atoms with E-state index in [0.29, 0.717) is 42.0 Å². The first kappa shape index (κ1) is 40.6. The highest BCUT2D eigenvalue weighted by atomic mass is 79.9. The molecule has 0 saturated carbocycles. The third-order valence-electron chi connectivity index (χ3n) is 10.3. The van der Waals surface area contributed by atoms with E-state index in [1.165, 1.54) is 7.11 Å². The topological polar surface area (TPSA) is 135 Å². The monoisotopic (exact) mass is 813 g/mol. The molecule has 3 saturated heterocycles. The number of nitrogens with zero attached hydrogens (tertiary/aromatic N) is 2. The molecule has 2 N–H and O–H groups in total. The Morgan fingerprint density at radius 3 is 2.49 bits per heavy atom. The predicted octanol–water partition coefficient (Wildman–Crippen LogP) is 5.54. The number of carbonyl (C=O) groups excluding carboxylic acids is 4. The summed E-state index contributed by atoms with van der Waals surface area (Å²) in [5.41, 5.74) is -0.0985. The van der Waals surface area contributed by atoms with Crippen LogP contribution in [0.5, 0.6) is 0 Å². The second-order valence-electron chi connectivity index (χ2n) is 13.8. The van der Waals surface area contributed by atoms with E-state index in [1.807, 2.05) is 30.3 Å². The van der Waals surface area contributed by atoms with Crippen molar-refractivity contribution in [3.8, 4) is 0 Å². The first-order chi connectivity index (χ1) is 25.6. The van der Waals surface area contributed by atoms with Gasteiger partial charge in [0.25, 0.3) is 5.91 Å². The predicted molar refractivity (Wildman–Crippen MR) is 205 cm³/mol. The molecule has 0 radical (unpaired) electrons. The molecule has 3 fully saturated rings. The van der Waals surface area contributed by atoms with Gasteiger partial charge in [-0.1, -0.05) is 82.9 Å². The van der Waals surface area contributed by atoms with Crippen molar-refractivity contribution in [2.45, 2.75) is 79.7 Å². The minimum absolute atomic E-state index is 0.0507. The molecule has 8 atom stereocenters. The van der Waals surface area contributed by atoms with Gasteiger partial charge in [-0.3, -0.25) is 19.2 Å². The molecule has 2 aromatic rings. The number of amides is 3. The Morgan fingerprint density at radius 1 is 1.11 bits per heavy atom. The zero-order chi connectivity index (χ0) is 38.1. The van der Waals surface area contributed by atoms with E-state index < -0.39 is 47.7 Å². The Balaban J connectivity index is 1.51. The Hall–Kier alpha value is -3.55. The molecule has 3 heterocycles. The number of aliphatic hydroxyl groups excluding tert-OH is 1. The van der Waals surface area contributed by atoms with Crippen LogP contribution in [-0.4, -0.2) is 95.7 Å². The molecule has 11 nitrogen and oxygen atoms in total. The van der Waals surface area contributed by atoms with Crippen molar-refractivity contribution in [3.05, 3.63) is 90.5 Å². The van der Waals surface area contributed by atoms with Gasteiger partial charge in [-0.2, -0.15) is 0 Å². The SMILES string of the molecule is C=CCCC(=O)N[C@@H](COC)[C@@H](OC(=O)[C@H]1[C@@H]2O[C@@]3(CC2Br)[C@@H]1C(=O)N(CCCCCCO)[C@@H]3C(=O)N(CC=C)c1ccc(Cl)cc1)c1ccccc1. The molecule has 2 aromatic carbocycles. The van der Waals surface area contributed by atoms with Gasteiger partial charge in [0.15, 0.2) is 0 Å². The number of unbranched alkanes of at least 4 members (excludes halogenated alkanes) is 3. The number of alkyl halides is 1. The molecule has 0 aliphatic carbocycles. The van der Waals surface area contributed by atoms with Gasteiger partial charge in [0.05, 0.1) is 30.6 Å². The van der Waals surface area contributed by atoms with Crippen LogP contribution >= 0.6 is 27.5 Å². The number of rotatable bonds is 20. The van der Waals surface area contributed by atoms with E-state index in [4.69, 9.17) is 25.8 Å². The van der Waals surface area contributed by atoms with E-state index in [0.717, 1.165) is 12.8 Å². The number of aliphatic hydroxyl groups is 1. The van der Waals surface area contributed by atoms with Crippen LogP contribution in [-0.2, 0) is 33.4 Å². The van der Waals surface area contributed by atoms with Crippen LogP contribution in [0, 0.1) is 11.8 Å². The maximum atomic E-state index is 14.9. The molecule has 1 unspecified atom stereocenters. The number of benzene rings is 2. The van der Waals surface area contributed by atoms with Crippen molar-refractivity contribution in [2.24, 2.45) is 11.8 Å². The lowest BCUT2D eigenvalue weighted by Gasteiger charge is -2.37. The van der Waals surface area contributed by atoms with Crippen molar-refractivity contribution in [1.82, 2.24) is 10.2 Å². The molecule has 13 heteroatoms. The molecule has 2 bridgehead atoms. The normalized spacial score (nSPS) is 25.4. The second-order valence-corrected chi connectivity index (χ2v) is 15.4. The van der Waals surface area contributed by atoms with Gasteiger partial charge >= 0.3 is 5.97 Å². The summed E-state index contributed by atoms with van der Waals surface area (Å²) in [7, 11) is 1.50. The van der Waals surface area contributed by atoms with Crippen molar-refractivity contribution in [3.63, 3.8) is 0 Å². The summed E-state index contributed by atoms with van der Waals surface area (Å²) in [6.07, 6.45) is 5.31. The van der Waals surface area contributed by atoms with Crippen LogP contribution in [0.1, 0.15) is 56.6 Å². The minimum Gasteiger partial charge on any atom is -0.455 e.